The van der Waals surface area contributed by atoms with Crippen LogP contribution in [0.25, 0.3) is 0 Å². The van der Waals surface area contributed by atoms with Gasteiger partial charge in [-0.1, -0.05) is 13.3 Å². The summed E-state index contributed by atoms with van der Waals surface area (Å²) in [6.45, 7) is 4.60. The molecule has 0 spiro atoms. The van der Waals surface area contributed by atoms with Crippen molar-refractivity contribution in [2.75, 3.05) is 26.7 Å². The third kappa shape index (κ3) is 5.87. The lowest BCUT2D eigenvalue weighted by Crippen LogP contribution is -2.40. The lowest BCUT2D eigenvalue weighted by atomic mass is 9.98. The van der Waals surface area contributed by atoms with Gasteiger partial charge < -0.3 is 15.5 Å². The Hall–Kier alpha value is -1.73. The molecule has 2 aliphatic rings. The predicted octanol–water partition coefficient (Wildman–Crippen LogP) is 1.74. The zero-order valence-electron chi connectivity index (χ0n) is 16.1. The van der Waals surface area contributed by atoms with Gasteiger partial charge in [0.1, 0.15) is 5.82 Å². The Morgan fingerprint density at radius 1 is 1.22 bits per heavy atom. The second-order valence-electron chi connectivity index (χ2n) is 7.42. The molecule has 1 aromatic rings. The van der Waals surface area contributed by atoms with Crippen molar-refractivity contribution in [3.05, 3.63) is 23.8 Å². The fourth-order valence-electron chi connectivity index (χ4n) is 3.61. The maximum absolute atomic E-state index is 12.6. The van der Waals surface area contributed by atoms with E-state index in [1.807, 2.05) is 0 Å². The summed E-state index contributed by atoms with van der Waals surface area (Å²) in [5.41, 5.74) is 0.522. The van der Waals surface area contributed by atoms with Crippen LogP contribution in [-0.2, 0) is 4.79 Å². The normalized spacial score (nSPS) is 22.1. The number of aromatic nitrogens is 2. The Kier molecular flexibility index (Phi) is 7.98. The van der Waals surface area contributed by atoms with Gasteiger partial charge in [0.05, 0.1) is 5.56 Å². The van der Waals surface area contributed by atoms with Crippen LogP contribution in [0.2, 0.25) is 0 Å². The first-order valence-electron chi connectivity index (χ1n) is 9.66. The third-order valence-corrected chi connectivity index (χ3v) is 5.30. The molecule has 8 heteroatoms. The number of hydrogen-bond acceptors (Lipinski definition) is 5. The fourth-order valence-corrected chi connectivity index (χ4v) is 3.61. The molecule has 2 atom stereocenters. The molecule has 7 nitrogen and oxygen atoms in total. The van der Waals surface area contributed by atoms with Crippen molar-refractivity contribution in [1.82, 2.24) is 25.5 Å². The molecule has 2 fully saturated rings. The lowest BCUT2D eigenvalue weighted by molar-refractivity contribution is -0.120. The second-order valence-corrected chi connectivity index (χ2v) is 7.42. The van der Waals surface area contributed by atoms with Crippen LogP contribution in [0.3, 0.4) is 0 Å². The van der Waals surface area contributed by atoms with E-state index in [0.717, 1.165) is 51.1 Å². The Morgan fingerprint density at radius 2 is 1.93 bits per heavy atom. The van der Waals surface area contributed by atoms with Crippen molar-refractivity contribution in [3.8, 4) is 0 Å². The van der Waals surface area contributed by atoms with Gasteiger partial charge in [-0.3, -0.25) is 9.59 Å². The van der Waals surface area contributed by atoms with E-state index in [0.29, 0.717) is 23.8 Å². The molecule has 2 heterocycles. The van der Waals surface area contributed by atoms with Crippen molar-refractivity contribution in [2.45, 2.75) is 51.0 Å². The summed E-state index contributed by atoms with van der Waals surface area (Å²) in [5.74, 6) is 1.71. The molecule has 2 amide bonds. The number of carbonyl (C=O) groups excluding carboxylic acids is 2. The standard InChI is InChI=1S/C19H29N5O2.ClH/c1-3-4-14-11-24(8-7-17(25)20-2)12-16(14)23-19(26)15-9-21-18(22-10-15)13-5-6-13;/h9-10,13-14,16H,3-8,11-12H2,1-2H3,(H,20,25)(H,23,26);1H/t14-,16-;/m0./s1. The zero-order valence-corrected chi connectivity index (χ0v) is 16.9. The van der Waals surface area contributed by atoms with Gasteiger partial charge in [-0.25, -0.2) is 9.97 Å². The maximum atomic E-state index is 12.6. The van der Waals surface area contributed by atoms with E-state index in [9.17, 15) is 9.59 Å². The van der Waals surface area contributed by atoms with E-state index >= 15 is 0 Å². The van der Waals surface area contributed by atoms with Gasteiger partial charge in [-0.15, -0.1) is 12.4 Å². The van der Waals surface area contributed by atoms with Crippen molar-refractivity contribution >= 4 is 24.2 Å². The van der Waals surface area contributed by atoms with Crippen LogP contribution < -0.4 is 10.6 Å². The second kappa shape index (κ2) is 9.99. The van der Waals surface area contributed by atoms with Gasteiger partial charge in [0.2, 0.25) is 5.91 Å². The van der Waals surface area contributed by atoms with Gasteiger partial charge in [0.15, 0.2) is 0 Å². The van der Waals surface area contributed by atoms with Crippen LogP contribution in [0.4, 0.5) is 0 Å². The number of hydrogen-bond donors (Lipinski definition) is 2. The van der Waals surface area contributed by atoms with Crippen molar-refractivity contribution in [1.29, 1.82) is 0 Å². The summed E-state index contributed by atoms with van der Waals surface area (Å²) in [6, 6.07) is 0.107. The summed E-state index contributed by atoms with van der Waals surface area (Å²) >= 11 is 0. The van der Waals surface area contributed by atoms with Crippen LogP contribution >= 0.6 is 12.4 Å². The van der Waals surface area contributed by atoms with Gasteiger partial charge >= 0.3 is 0 Å². The predicted molar refractivity (Wildman–Crippen MR) is 106 cm³/mol. The van der Waals surface area contributed by atoms with Gasteiger partial charge in [0.25, 0.3) is 5.91 Å². The minimum atomic E-state index is -0.105. The Morgan fingerprint density at radius 3 is 2.52 bits per heavy atom. The molecule has 1 aliphatic heterocycles. The number of halogens is 1. The van der Waals surface area contributed by atoms with Crippen LogP contribution in [-0.4, -0.2) is 59.4 Å². The fraction of sp³-hybridized carbons (Fsp3) is 0.684. The molecule has 0 unspecified atom stereocenters. The smallest absolute Gasteiger partial charge is 0.254 e. The summed E-state index contributed by atoms with van der Waals surface area (Å²) in [5, 5.41) is 5.82. The maximum Gasteiger partial charge on any atom is 0.254 e. The van der Waals surface area contributed by atoms with E-state index < -0.39 is 0 Å². The molecule has 0 aromatic carbocycles. The average Bonchev–Trinajstić information content (AvgIpc) is 3.44. The summed E-state index contributed by atoms with van der Waals surface area (Å²) in [6.07, 6.45) is 8.23. The highest BCUT2D eigenvalue weighted by Gasteiger charge is 2.33. The van der Waals surface area contributed by atoms with E-state index in [4.69, 9.17) is 0 Å². The van der Waals surface area contributed by atoms with E-state index in [-0.39, 0.29) is 30.3 Å². The molecule has 3 rings (SSSR count). The highest BCUT2D eigenvalue weighted by atomic mass is 35.5. The number of nitrogens with one attached hydrogen (secondary N) is 2. The van der Waals surface area contributed by atoms with Crippen molar-refractivity contribution in [2.24, 2.45) is 5.92 Å². The topological polar surface area (TPSA) is 87.2 Å². The number of carbonyl (C=O) groups is 2. The average molecular weight is 396 g/mol. The van der Waals surface area contributed by atoms with E-state index in [1.165, 1.54) is 0 Å². The molecule has 0 radical (unpaired) electrons. The molecule has 1 saturated heterocycles. The zero-order chi connectivity index (χ0) is 18.5. The summed E-state index contributed by atoms with van der Waals surface area (Å²) in [7, 11) is 1.66. The van der Waals surface area contributed by atoms with Crippen LogP contribution in [0.5, 0.6) is 0 Å². The van der Waals surface area contributed by atoms with Crippen molar-refractivity contribution < 1.29 is 9.59 Å². The van der Waals surface area contributed by atoms with Crippen LogP contribution in [0, 0.1) is 5.92 Å². The Balaban J connectivity index is 0.00000261. The molecular weight excluding hydrogens is 366 g/mol. The highest BCUT2D eigenvalue weighted by Crippen LogP contribution is 2.37. The minimum Gasteiger partial charge on any atom is -0.359 e. The molecule has 1 aromatic heterocycles. The molecule has 27 heavy (non-hydrogen) atoms. The van der Waals surface area contributed by atoms with Crippen molar-refractivity contribution in [3.63, 3.8) is 0 Å². The van der Waals surface area contributed by atoms with Crippen LogP contribution in [0.15, 0.2) is 12.4 Å². The SMILES string of the molecule is CCC[C@H]1CN(CCC(=O)NC)C[C@@H]1NC(=O)c1cnc(C2CC2)nc1.Cl. The largest absolute Gasteiger partial charge is 0.359 e. The third-order valence-electron chi connectivity index (χ3n) is 5.30. The van der Waals surface area contributed by atoms with Gasteiger partial charge in [-0.05, 0) is 25.2 Å². The Labute approximate surface area is 167 Å². The first-order chi connectivity index (χ1) is 12.6. The number of rotatable bonds is 8. The summed E-state index contributed by atoms with van der Waals surface area (Å²) in [4.78, 5) is 35.0. The molecule has 1 saturated carbocycles. The van der Waals surface area contributed by atoms with E-state index in [1.54, 1.807) is 19.4 Å². The quantitative estimate of drug-likeness (QED) is 0.700. The van der Waals surface area contributed by atoms with Crippen LogP contribution in [0.1, 0.15) is 61.1 Å². The Bertz CT molecular complexity index is 635. The molecule has 1 aliphatic carbocycles. The molecule has 0 bridgehead atoms. The number of amides is 2. The van der Waals surface area contributed by atoms with Gasteiger partial charge in [0, 0.05) is 57.5 Å². The first kappa shape index (κ1) is 21.6. The molecule has 2 N–H and O–H groups in total. The first-order valence-corrected chi connectivity index (χ1v) is 9.66. The number of likely N-dealkylation sites (tertiary alicyclic amines) is 1. The summed E-state index contributed by atoms with van der Waals surface area (Å²) < 4.78 is 0. The molecular formula is C19H30ClN5O2. The number of nitrogens with zero attached hydrogens (tertiary/aromatic N) is 3. The monoisotopic (exact) mass is 395 g/mol. The van der Waals surface area contributed by atoms with E-state index in [2.05, 4.69) is 32.4 Å². The highest BCUT2D eigenvalue weighted by molar-refractivity contribution is 5.93. The molecule has 150 valence electrons. The minimum absolute atomic E-state index is 0. The lowest BCUT2D eigenvalue weighted by Gasteiger charge is -2.19. The van der Waals surface area contributed by atoms with Gasteiger partial charge in [-0.2, -0.15) is 0 Å².